The van der Waals surface area contributed by atoms with Crippen molar-refractivity contribution in [2.45, 2.75) is 19.6 Å². The molecule has 0 amide bonds. The molecule has 0 fully saturated rings. The summed E-state index contributed by atoms with van der Waals surface area (Å²) >= 11 is 0. The lowest BCUT2D eigenvalue weighted by Crippen LogP contribution is -2.26. The molecular weight excluding hydrogens is 191 g/mol. The Labute approximate surface area is 84.1 Å². The number of rotatable bonds is 3. The molecule has 1 rings (SSSR count). The topological polar surface area (TPSA) is 0 Å². The van der Waals surface area contributed by atoms with Crippen molar-refractivity contribution in [3.05, 3.63) is 30.3 Å². The van der Waals surface area contributed by atoms with Crippen LogP contribution >= 0.6 is 7.92 Å². The van der Waals surface area contributed by atoms with Crippen molar-refractivity contribution < 1.29 is 0 Å². The van der Waals surface area contributed by atoms with Gasteiger partial charge < -0.3 is 0 Å². The maximum absolute atomic E-state index is 2.45. The first-order valence-electron chi connectivity index (χ1n) is 4.75. The average Bonchev–Trinajstić information content (AvgIpc) is 2.03. The van der Waals surface area contributed by atoms with Gasteiger partial charge in [0.05, 0.1) is 0 Å². The zero-order valence-electron chi connectivity index (χ0n) is 9.04. The maximum atomic E-state index is 2.45. The van der Waals surface area contributed by atoms with E-state index in [0.29, 0.717) is 0 Å². The monoisotopic (exact) mass is 210 g/mol. The molecule has 1 aromatic rings. The summed E-state index contributed by atoms with van der Waals surface area (Å²) in [5, 5.41) is 1.56. The van der Waals surface area contributed by atoms with Gasteiger partial charge in [0, 0.05) is 8.07 Å². The Morgan fingerprint density at radius 3 is 2.08 bits per heavy atom. The van der Waals surface area contributed by atoms with Crippen LogP contribution in [-0.2, 0) is 0 Å². The zero-order valence-corrected chi connectivity index (χ0v) is 10.9. The van der Waals surface area contributed by atoms with Gasteiger partial charge in [-0.2, -0.15) is 0 Å². The molecule has 0 aromatic heterocycles. The van der Waals surface area contributed by atoms with E-state index in [1.165, 1.54) is 5.79 Å². The van der Waals surface area contributed by atoms with E-state index in [9.17, 15) is 0 Å². The molecule has 0 radical (unpaired) electrons. The van der Waals surface area contributed by atoms with Crippen LogP contribution in [0.5, 0.6) is 0 Å². The molecule has 1 unspecified atom stereocenters. The predicted molar refractivity (Wildman–Crippen MR) is 67.1 cm³/mol. The molecule has 1 aromatic carbocycles. The van der Waals surface area contributed by atoms with Crippen molar-refractivity contribution in [3.63, 3.8) is 0 Å². The summed E-state index contributed by atoms with van der Waals surface area (Å²) in [7, 11) is -0.776. The third-order valence-corrected chi connectivity index (χ3v) is 8.78. The fourth-order valence-corrected chi connectivity index (χ4v) is 8.59. The van der Waals surface area contributed by atoms with Crippen LogP contribution < -0.4 is 5.30 Å². The molecule has 0 aliphatic rings. The van der Waals surface area contributed by atoms with E-state index >= 15 is 0 Å². The van der Waals surface area contributed by atoms with Gasteiger partial charge in [0.2, 0.25) is 0 Å². The second-order valence-corrected chi connectivity index (χ2v) is 13.1. The fourth-order valence-electron chi connectivity index (χ4n) is 1.49. The first kappa shape index (κ1) is 10.9. The lowest BCUT2D eigenvalue weighted by atomic mass is 10.4. The van der Waals surface area contributed by atoms with Gasteiger partial charge in [0.1, 0.15) is 0 Å². The van der Waals surface area contributed by atoms with Crippen LogP contribution in [0.25, 0.3) is 0 Å². The summed E-state index contributed by atoms with van der Waals surface area (Å²) < 4.78 is 0. The molecule has 0 nitrogen and oxygen atoms in total. The molecule has 0 heterocycles. The Kier molecular flexibility index (Phi) is 3.70. The number of hydrogen-bond acceptors (Lipinski definition) is 0. The van der Waals surface area contributed by atoms with Gasteiger partial charge in [0.25, 0.3) is 0 Å². The third-order valence-electron chi connectivity index (χ3n) is 1.91. The minimum Gasteiger partial charge on any atom is -0.0812 e. The molecule has 0 aliphatic heterocycles. The van der Waals surface area contributed by atoms with Crippen molar-refractivity contribution in [3.8, 4) is 0 Å². The Bertz CT molecular complexity index is 251. The van der Waals surface area contributed by atoms with E-state index in [-0.39, 0.29) is 7.92 Å². The molecule has 1 atom stereocenters. The lowest BCUT2D eigenvalue weighted by Gasteiger charge is -2.21. The van der Waals surface area contributed by atoms with E-state index in [1.54, 1.807) is 5.30 Å². The van der Waals surface area contributed by atoms with Gasteiger partial charge in [0.15, 0.2) is 0 Å². The highest BCUT2D eigenvalue weighted by Gasteiger charge is 2.17. The molecule has 0 saturated carbocycles. The van der Waals surface area contributed by atoms with E-state index in [4.69, 9.17) is 0 Å². The average molecular weight is 210 g/mol. The van der Waals surface area contributed by atoms with Crippen LogP contribution in [0, 0.1) is 0 Å². The Morgan fingerprint density at radius 1 is 1.08 bits per heavy atom. The molecule has 13 heavy (non-hydrogen) atoms. The van der Waals surface area contributed by atoms with Crippen LogP contribution in [0.3, 0.4) is 0 Å². The lowest BCUT2D eigenvalue weighted by molar-refractivity contribution is 1.65. The zero-order chi connectivity index (χ0) is 9.90. The highest BCUT2D eigenvalue weighted by Crippen LogP contribution is 2.32. The van der Waals surface area contributed by atoms with E-state index in [1.807, 2.05) is 0 Å². The van der Waals surface area contributed by atoms with Crippen LogP contribution in [0.4, 0.5) is 0 Å². The maximum Gasteiger partial charge on any atom is 0.0489 e. The van der Waals surface area contributed by atoms with Crippen molar-refractivity contribution in [1.29, 1.82) is 0 Å². The molecule has 0 spiro atoms. The summed E-state index contributed by atoms with van der Waals surface area (Å²) in [4.78, 5) is 0. The Hall–Kier alpha value is -0.133. The second kappa shape index (κ2) is 4.39. The van der Waals surface area contributed by atoms with Gasteiger partial charge >= 0.3 is 0 Å². The van der Waals surface area contributed by atoms with Gasteiger partial charge in [-0.3, -0.25) is 0 Å². The second-order valence-electron chi connectivity index (χ2n) is 4.75. The molecule has 0 N–H and O–H groups in total. The number of hydrogen-bond donors (Lipinski definition) is 0. The highest BCUT2D eigenvalue weighted by molar-refractivity contribution is 7.67. The first-order valence-corrected chi connectivity index (χ1v) is 10.4. The molecule has 2 heteroatoms. The van der Waals surface area contributed by atoms with E-state index in [0.717, 1.165) is 0 Å². The SMILES string of the molecule is CP(C[Si](C)(C)C)c1ccccc1. The van der Waals surface area contributed by atoms with Crippen molar-refractivity contribution >= 4 is 21.3 Å². The van der Waals surface area contributed by atoms with Crippen LogP contribution in [-0.4, -0.2) is 20.5 Å². The number of benzene rings is 1. The first-order chi connectivity index (χ1) is 5.99. The van der Waals surface area contributed by atoms with E-state index in [2.05, 4.69) is 56.6 Å². The summed E-state index contributed by atoms with van der Waals surface area (Å²) in [6.07, 6.45) is 0. The molecule has 0 aliphatic carbocycles. The van der Waals surface area contributed by atoms with Gasteiger partial charge in [-0.25, -0.2) is 0 Å². The van der Waals surface area contributed by atoms with Gasteiger partial charge in [-0.15, -0.1) is 0 Å². The smallest absolute Gasteiger partial charge is 0.0489 e. The van der Waals surface area contributed by atoms with E-state index < -0.39 is 8.07 Å². The molecule has 0 saturated heterocycles. The van der Waals surface area contributed by atoms with Crippen molar-refractivity contribution in [1.82, 2.24) is 0 Å². The van der Waals surface area contributed by atoms with Crippen LogP contribution in [0.1, 0.15) is 0 Å². The third kappa shape index (κ3) is 4.06. The highest BCUT2D eigenvalue weighted by atomic mass is 31.1. The van der Waals surface area contributed by atoms with Crippen molar-refractivity contribution in [2.75, 3.05) is 12.5 Å². The standard InChI is InChI=1S/C11H19PSi/c1-12(10-13(2,3)4)11-8-6-5-7-9-11/h5-9H,10H2,1-4H3. The minimum absolute atomic E-state index is 0.0980. The van der Waals surface area contributed by atoms with Gasteiger partial charge in [-0.05, 0) is 17.8 Å². The van der Waals surface area contributed by atoms with Crippen LogP contribution in [0.2, 0.25) is 19.6 Å². The predicted octanol–water partition coefficient (Wildman–Crippen LogP) is 3.30. The molecule has 0 bridgehead atoms. The Balaban J connectivity index is 2.64. The normalized spacial score (nSPS) is 14.2. The van der Waals surface area contributed by atoms with Gasteiger partial charge in [-0.1, -0.05) is 57.9 Å². The summed E-state index contributed by atoms with van der Waals surface area (Å²) in [6.45, 7) is 9.77. The fraction of sp³-hybridized carbons (Fsp3) is 0.455. The summed E-state index contributed by atoms with van der Waals surface area (Å²) in [5.74, 6) is 1.45. The Morgan fingerprint density at radius 2 is 1.62 bits per heavy atom. The largest absolute Gasteiger partial charge is 0.0812 e. The minimum atomic E-state index is -0.874. The van der Waals surface area contributed by atoms with Crippen molar-refractivity contribution in [2.24, 2.45) is 0 Å². The quantitative estimate of drug-likeness (QED) is 0.530. The van der Waals surface area contributed by atoms with Crippen LogP contribution in [0.15, 0.2) is 30.3 Å². The molecular formula is C11H19PSi. The molecule has 72 valence electrons. The summed E-state index contributed by atoms with van der Waals surface area (Å²) in [5.41, 5.74) is 0. The summed E-state index contributed by atoms with van der Waals surface area (Å²) in [6, 6.07) is 10.9.